The summed E-state index contributed by atoms with van der Waals surface area (Å²) in [6.07, 6.45) is -0.938. The fraction of sp³-hybridized carbons (Fsp3) is 0.333. The second kappa shape index (κ2) is 6.29. The van der Waals surface area contributed by atoms with Crippen molar-refractivity contribution in [1.82, 2.24) is 10.2 Å². The van der Waals surface area contributed by atoms with Crippen molar-refractivity contribution < 1.29 is 14.7 Å². The molecular formula is C12H13BrN2O3S. The Morgan fingerprint density at radius 2 is 2.32 bits per heavy atom. The van der Waals surface area contributed by atoms with E-state index < -0.39 is 6.09 Å². The number of thioether (sulfide) groups is 1. The highest BCUT2D eigenvalue weighted by molar-refractivity contribution is 9.10. The summed E-state index contributed by atoms with van der Waals surface area (Å²) in [5.74, 6) is 0.987. The van der Waals surface area contributed by atoms with Crippen LogP contribution in [0.25, 0.3) is 0 Å². The van der Waals surface area contributed by atoms with Crippen molar-refractivity contribution in [3.05, 3.63) is 34.3 Å². The van der Waals surface area contributed by atoms with Crippen LogP contribution < -0.4 is 5.32 Å². The summed E-state index contributed by atoms with van der Waals surface area (Å²) >= 11 is 4.86. The molecule has 1 aromatic rings. The number of nitrogens with one attached hydrogen (secondary N) is 1. The van der Waals surface area contributed by atoms with Crippen molar-refractivity contribution in [2.75, 3.05) is 18.2 Å². The highest BCUT2D eigenvalue weighted by Crippen LogP contribution is 2.20. The van der Waals surface area contributed by atoms with Gasteiger partial charge >= 0.3 is 6.09 Å². The Kier molecular flexibility index (Phi) is 4.71. The average Bonchev–Trinajstić information content (AvgIpc) is 2.84. The topological polar surface area (TPSA) is 69.6 Å². The van der Waals surface area contributed by atoms with E-state index >= 15 is 0 Å². The minimum atomic E-state index is -0.938. The van der Waals surface area contributed by atoms with Crippen molar-refractivity contribution in [2.45, 2.75) is 6.04 Å². The maximum absolute atomic E-state index is 11.9. The van der Waals surface area contributed by atoms with E-state index in [-0.39, 0.29) is 11.9 Å². The third-order valence-electron chi connectivity index (χ3n) is 2.81. The molecule has 0 bridgehead atoms. The summed E-state index contributed by atoms with van der Waals surface area (Å²) in [5, 5.41) is 11.8. The Morgan fingerprint density at radius 1 is 1.53 bits per heavy atom. The molecule has 19 heavy (non-hydrogen) atoms. The Balaban J connectivity index is 1.92. The first-order valence-corrected chi connectivity index (χ1v) is 7.64. The van der Waals surface area contributed by atoms with E-state index in [1.165, 1.54) is 4.90 Å². The number of benzene rings is 1. The molecular weight excluding hydrogens is 332 g/mol. The smallest absolute Gasteiger partial charge is 0.408 e. The SMILES string of the molecule is O=C(NC[C@@H]1CSCN1C(=O)O)c1cccc(Br)c1. The van der Waals surface area contributed by atoms with E-state index in [0.717, 1.165) is 4.47 Å². The zero-order valence-electron chi connectivity index (χ0n) is 10.0. The van der Waals surface area contributed by atoms with Crippen molar-refractivity contribution in [2.24, 2.45) is 0 Å². The van der Waals surface area contributed by atoms with Crippen LogP contribution in [0.4, 0.5) is 4.79 Å². The van der Waals surface area contributed by atoms with Crippen LogP contribution in [0.2, 0.25) is 0 Å². The summed E-state index contributed by atoms with van der Waals surface area (Å²) in [6, 6.07) is 6.93. The molecule has 0 unspecified atom stereocenters. The van der Waals surface area contributed by atoms with Gasteiger partial charge in [-0.15, -0.1) is 11.8 Å². The number of amides is 2. The van der Waals surface area contributed by atoms with E-state index in [2.05, 4.69) is 21.2 Å². The van der Waals surface area contributed by atoms with E-state index in [4.69, 9.17) is 5.11 Å². The first-order valence-electron chi connectivity index (χ1n) is 5.69. The van der Waals surface area contributed by atoms with Gasteiger partial charge in [0.1, 0.15) is 0 Å². The molecule has 5 nitrogen and oxygen atoms in total. The molecule has 0 saturated carbocycles. The molecule has 0 aliphatic carbocycles. The number of carbonyl (C=O) groups is 2. The standard InChI is InChI=1S/C12H13BrN2O3S/c13-9-3-1-2-8(4-9)11(16)14-5-10-6-19-7-15(10)12(17)18/h1-4,10H,5-7H2,(H,14,16)(H,17,18)/t10-/m1/s1. The molecule has 2 amide bonds. The first kappa shape index (κ1) is 14.2. The monoisotopic (exact) mass is 344 g/mol. The zero-order chi connectivity index (χ0) is 13.8. The average molecular weight is 345 g/mol. The number of carboxylic acid groups (broad SMARTS) is 1. The minimum absolute atomic E-state index is 0.154. The lowest BCUT2D eigenvalue weighted by atomic mass is 10.2. The number of hydrogen-bond acceptors (Lipinski definition) is 3. The van der Waals surface area contributed by atoms with Crippen LogP contribution in [-0.4, -0.2) is 46.2 Å². The lowest BCUT2D eigenvalue weighted by Gasteiger charge is -2.20. The maximum Gasteiger partial charge on any atom is 0.408 e. The predicted octanol–water partition coefficient (Wildman–Crippen LogP) is 2.23. The van der Waals surface area contributed by atoms with E-state index in [0.29, 0.717) is 23.7 Å². The van der Waals surface area contributed by atoms with Gasteiger partial charge in [0.05, 0.1) is 11.9 Å². The molecule has 1 saturated heterocycles. The first-order chi connectivity index (χ1) is 9.08. The van der Waals surface area contributed by atoms with Crippen molar-refractivity contribution in [1.29, 1.82) is 0 Å². The summed E-state index contributed by atoms with van der Waals surface area (Å²) < 4.78 is 0.837. The van der Waals surface area contributed by atoms with Gasteiger partial charge in [0.25, 0.3) is 5.91 Å². The predicted molar refractivity (Wildman–Crippen MR) is 77.5 cm³/mol. The van der Waals surface area contributed by atoms with Crippen LogP contribution in [0.5, 0.6) is 0 Å². The van der Waals surface area contributed by atoms with Crippen LogP contribution in [-0.2, 0) is 0 Å². The second-order valence-corrected chi connectivity index (χ2v) is 6.04. The Morgan fingerprint density at radius 3 is 3.00 bits per heavy atom. The van der Waals surface area contributed by atoms with Gasteiger partial charge in [-0.1, -0.05) is 22.0 Å². The molecule has 2 N–H and O–H groups in total. The largest absolute Gasteiger partial charge is 0.465 e. The van der Waals surface area contributed by atoms with Gasteiger partial charge in [-0.3, -0.25) is 9.69 Å². The molecule has 1 aromatic carbocycles. The third-order valence-corrected chi connectivity index (χ3v) is 4.39. The van der Waals surface area contributed by atoms with E-state index in [1.807, 2.05) is 6.07 Å². The second-order valence-electron chi connectivity index (χ2n) is 4.13. The minimum Gasteiger partial charge on any atom is -0.465 e. The van der Waals surface area contributed by atoms with Gasteiger partial charge < -0.3 is 10.4 Å². The summed E-state index contributed by atoms with van der Waals surface area (Å²) in [5.41, 5.74) is 0.557. The molecule has 1 aliphatic heterocycles. The molecule has 0 radical (unpaired) electrons. The van der Waals surface area contributed by atoms with Crippen LogP contribution >= 0.6 is 27.7 Å². The highest BCUT2D eigenvalue weighted by Gasteiger charge is 2.29. The molecule has 2 rings (SSSR count). The fourth-order valence-electron chi connectivity index (χ4n) is 1.81. The van der Waals surface area contributed by atoms with Gasteiger partial charge in [-0.05, 0) is 18.2 Å². The number of rotatable bonds is 3. The van der Waals surface area contributed by atoms with Crippen LogP contribution in [0.3, 0.4) is 0 Å². The van der Waals surface area contributed by atoms with Crippen LogP contribution in [0.1, 0.15) is 10.4 Å². The quantitative estimate of drug-likeness (QED) is 0.882. The molecule has 7 heteroatoms. The molecule has 0 spiro atoms. The Labute approximate surface area is 123 Å². The maximum atomic E-state index is 11.9. The lowest BCUT2D eigenvalue weighted by molar-refractivity contribution is 0.0936. The van der Waals surface area contributed by atoms with Crippen LogP contribution in [0, 0.1) is 0 Å². The van der Waals surface area contributed by atoms with Gasteiger partial charge in [0.2, 0.25) is 0 Å². The molecule has 102 valence electrons. The number of nitrogens with zero attached hydrogens (tertiary/aromatic N) is 1. The number of hydrogen-bond donors (Lipinski definition) is 2. The van der Waals surface area contributed by atoms with Crippen LogP contribution in [0.15, 0.2) is 28.7 Å². The van der Waals surface area contributed by atoms with Crippen molar-refractivity contribution in [3.63, 3.8) is 0 Å². The van der Waals surface area contributed by atoms with Gasteiger partial charge in [-0.2, -0.15) is 0 Å². The summed E-state index contributed by atoms with van der Waals surface area (Å²) in [7, 11) is 0. The molecule has 1 fully saturated rings. The molecule has 1 heterocycles. The Bertz CT molecular complexity index is 498. The molecule has 1 atom stereocenters. The fourth-order valence-corrected chi connectivity index (χ4v) is 3.40. The normalized spacial score (nSPS) is 18.4. The van der Waals surface area contributed by atoms with Gasteiger partial charge in [-0.25, -0.2) is 4.79 Å². The number of carbonyl (C=O) groups excluding carboxylic acids is 1. The lowest BCUT2D eigenvalue weighted by Crippen LogP contribution is -2.43. The van der Waals surface area contributed by atoms with Crippen molar-refractivity contribution >= 4 is 39.7 Å². The van der Waals surface area contributed by atoms with Crippen molar-refractivity contribution in [3.8, 4) is 0 Å². The summed E-state index contributed by atoms with van der Waals surface area (Å²) in [4.78, 5) is 24.2. The zero-order valence-corrected chi connectivity index (χ0v) is 12.4. The van der Waals surface area contributed by atoms with E-state index in [1.54, 1.807) is 30.0 Å². The van der Waals surface area contributed by atoms with Gasteiger partial charge in [0.15, 0.2) is 0 Å². The Hall–Kier alpha value is -1.21. The number of halogens is 1. The highest BCUT2D eigenvalue weighted by atomic mass is 79.9. The van der Waals surface area contributed by atoms with Gasteiger partial charge in [0, 0.05) is 22.3 Å². The third kappa shape index (κ3) is 3.63. The summed E-state index contributed by atoms with van der Waals surface area (Å²) in [6.45, 7) is 0.338. The van der Waals surface area contributed by atoms with E-state index in [9.17, 15) is 9.59 Å². The molecule has 0 aromatic heterocycles. The molecule has 1 aliphatic rings.